The molecule has 22 heavy (non-hydrogen) atoms. The summed E-state index contributed by atoms with van der Waals surface area (Å²) in [7, 11) is 0. The van der Waals surface area contributed by atoms with E-state index in [1.807, 2.05) is 30.3 Å². The van der Waals surface area contributed by atoms with E-state index in [1.54, 1.807) is 0 Å². The highest BCUT2D eigenvalue weighted by molar-refractivity contribution is 5.65. The second-order valence-electron chi connectivity index (χ2n) is 5.49. The molecule has 0 aliphatic heterocycles. The highest BCUT2D eigenvalue weighted by Gasteiger charge is 2.02. The Morgan fingerprint density at radius 2 is 1.59 bits per heavy atom. The van der Waals surface area contributed by atoms with Crippen molar-refractivity contribution in [1.82, 2.24) is 5.48 Å². The Morgan fingerprint density at radius 3 is 2.27 bits per heavy atom. The normalized spacial score (nSPS) is 10.4. The summed E-state index contributed by atoms with van der Waals surface area (Å²) in [6.45, 7) is 3.03. The first-order valence-electron chi connectivity index (χ1n) is 8.41. The molecular weight excluding hydrogens is 278 g/mol. The molecule has 0 radical (unpaired) electrons. The molecule has 1 aromatic carbocycles. The largest absolute Gasteiger partial charge is 0.443 e. The molecule has 0 heterocycles. The third-order valence-corrected chi connectivity index (χ3v) is 3.47. The molecule has 124 valence electrons. The Morgan fingerprint density at radius 1 is 0.955 bits per heavy atom. The minimum absolute atomic E-state index is 0.258. The van der Waals surface area contributed by atoms with Gasteiger partial charge in [-0.3, -0.25) is 4.84 Å². The Hall–Kier alpha value is -1.55. The molecule has 1 amide bonds. The summed E-state index contributed by atoms with van der Waals surface area (Å²) in [6.07, 6.45) is 9.43. The van der Waals surface area contributed by atoms with Gasteiger partial charge >= 0.3 is 6.09 Å². The number of carbonyl (C=O) groups excluding carboxylic acids is 1. The summed E-state index contributed by atoms with van der Waals surface area (Å²) in [5.74, 6) is 0. The topological polar surface area (TPSA) is 47.6 Å². The van der Waals surface area contributed by atoms with Crippen molar-refractivity contribution in [3.05, 3.63) is 35.9 Å². The van der Waals surface area contributed by atoms with Crippen molar-refractivity contribution < 1.29 is 14.4 Å². The van der Waals surface area contributed by atoms with Crippen molar-refractivity contribution in [3.8, 4) is 0 Å². The van der Waals surface area contributed by atoms with Crippen LogP contribution in [-0.2, 0) is 16.2 Å². The van der Waals surface area contributed by atoms with Crippen LogP contribution >= 0.6 is 0 Å². The minimum atomic E-state index is -0.539. The lowest BCUT2D eigenvalue weighted by Gasteiger charge is -2.07. The van der Waals surface area contributed by atoms with Crippen LogP contribution in [-0.4, -0.2) is 12.7 Å². The van der Waals surface area contributed by atoms with Gasteiger partial charge in [0.1, 0.15) is 6.61 Å². The number of carbonyl (C=O) groups is 1. The van der Waals surface area contributed by atoms with Gasteiger partial charge in [0.2, 0.25) is 0 Å². The van der Waals surface area contributed by atoms with Gasteiger partial charge in [0.25, 0.3) is 0 Å². The summed E-state index contributed by atoms with van der Waals surface area (Å²) in [5, 5.41) is 0. The van der Waals surface area contributed by atoms with Crippen molar-refractivity contribution in [2.75, 3.05) is 6.61 Å². The highest BCUT2D eigenvalue weighted by Crippen LogP contribution is 2.08. The monoisotopic (exact) mass is 307 g/mol. The molecule has 4 heteroatoms. The fourth-order valence-electron chi connectivity index (χ4n) is 2.17. The number of hydrogen-bond acceptors (Lipinski definition) is 3. The Balaban J connectivity index is 1.87. The smallest absolute Gasteiger partial charge is 0.431 e. The number of rotatable bonds is 12. The van der Waals surface area contributed by atoms with Crippen LogP contribution < -0.4 is 5.48 Å². The zero-order chi connectivity index (χ0) is 15.9. The second-order valence-corrected chi connectivity index (χ2v) is 5.49. The molecular formula is C18H29NO3. The molecule has 0 fully saturated rings. The van der Waals surface area contributed by atoms with Crippen LogP contribution in [0.25, 0.3) is 0 Å². The first-order chi connectivity index (χ1) is 10.8. The van der Waals surface area contributed by atoms with E-state index >= 15 is 0 Å². The summed E-state index contributed by atoms with van der Waals surface area (Å²) in [6, 6.07) is 9.57. The number of amides is 1. The van der Waals surface area contributed by atoms with Crippen LogP contribution in [0, 0.1) is 0 Å². The zero-order valence-corrected chi connectivity index (χ0v) is 13.7. The van der Waals surface area contributed by atoms with Crippen molar-refractivity contribution in [2.24, 2.45) is 0 Å². The maximum Gasteiger partial charge on any atom is 0.431 e. The van der Waals surface area contributed by atoms with Crippen LogP contribution in [0.2, 0.25) is 0 Å². The van der Waals surface area contributed by atoms with E-state index in [0.29, 0.717) is 6.61 Å². The molecule has 0 unspecified atom stereocenters. The van der Waals surface area contributed by atoms with E-state index in [-0.39, 0.29) is 6.61 Å². The van der Waals surface area contributed by atoms with E-state index in [9.17, 15) is 4.79 Å². The van der Waals surface area contributed by atoms with E-state index in [0.717, 1.165) is 18.4 Å². The summed E-state index contributed by atoms with van der Waals surface area (Å²) in [5.41, 5.74) is 3.27. The standard InChI is InChI=1S/C18H29NO3/c1-2-3-4-5-6-7-8-12-15-22-19-18(20)21-16-17-13-10-9-11-14-17/h9-11,13-14H,2-8,12,15-16H2,1H3,(H,19,20). The predicted molar refractivity (Wildman–Crippen MR) is 88.3 cm³/mol. The molecule has 1 rings (SSSR count). The van der Waals surface area contributed by atoms with Gasteiger partial charge in [-0.15, -0.1) is 0 Å². The average Bonchev–Trinajstić information content (AvgIpc) is 2.55. The third-order valence-electron chi connectivity index (χ3n) is 3.47. The van der Waals surface area contributed by atoms with Crippen molar-refractivity contribution in [3.63, 3.8) is 0 Å². The third kappa shape index (κ3) is 10.2. The zero-order valence-electron chi connectivity index (χ0n) is 13.7. The van der Waals surface area contributed by atoms with Crippen LogP contribution in [0.3, 0.4) is 0 Å². The van der Waals surface area contributed by atoms with E-state index < -0.39 is 6.09 Å². The Labute approximate surface area is 134 Å². The maximum atomic E-state index is 11.4. The fourth-order valence-corrected chi connectivity index (χ4v) is 2.17. The number of ether oxygens (including phenoxy) is 1. The van der Waals surface area contributed by atoms with Gasteiger partial charge in [-0.05, 0) is 12.0 Å². The Kier molecular flexibility index (Phi) is 11.0. The van der Waals surface area contributed by atoms with Gasteiger partial charge < -0.3 is 4.74 Å². The van der Waals surface area contributed by atoms with Gasteiger partial charge in [-0.25, -0.2) is 4.79 Å². The molecule has 1 aromatic rings. The molecule has 0 spiro atoms. The lowest BCUT2D eigenvalue weighted by molar-refractivity contribution is 0.0236. The van der Waals surface area contributed by atoms with Crippen molar-refractivity contribution in [1.29, 1.82) is 0 Å². The van der Waals surface area contributed by atoms with Crippen LogP contribution in [0.5, 0.6) is 0 Å². The molecule has 0 bridgehead atoms. The van der Waals surface area contributed by atoms with Gasteiger partial charge in [-0.2, -0.15) is 5.48 Å². The van der Waals surface area contributed by atoms with Crippen molar-refractivity contribution in [2.45, 2.75) is 64.9 Å². The summed E-state index contributed by atoms with van der Waals surface area (Å²) < 4.78 is 5.04. The van der Waals surface area contributed by atoms with Crippen molar-refractivity contribution >= 4 is 6.09 Å². The summed E-state index contributed by atoms with van der Waals surface area (Å²) in [4.78, 5) is 16.5. The molecule has 0 aliphatic carbocycles. The summed E-state index contributed by atoms with van der Waals surface area (Å²) >= 11 is 0. The first kappa shape index (κ1) is 18.5. The molecule has 0 saturated carbocycles. The van der Waals surface area contributed by atoms with Crippen LogP contribution in [0.4, 0.5) is 4.79 Å². The lowest BCUT2D eigenvalue weighted by atomic mass is 10.1. The van der Waals surface area contributed by atoms with E-state index in [4.69, 9.17) is 9.57 Å². The molecule has 1 N–H and O–H groups in total. The van der Waals surface area contributed by atoms with Gasteiger partial charge in [-0.1, -0.05) is 82.2 Å². The SMILES string of the molecule is CCCCCCCCCCONC(=O)OCc1ccccc1. The Bertz CT molecular complexity index is 381. The van der Waals surface area contributed by atoms with Gasteiger partial charge in [0.05, 0.1) is 6.61 Å². The second kappa shape index (κ2) is 13.1. The molecule has 4 nitrogen and oxygen atoms in total. The fraction of sp³-hybridized carbons (Fsp3) is 0.611. The maximum absolute atomic E-state index is 11.4. The van der Waals surface area contributed by atoms with Gasteiger partial charge in [0.15, 0.2) is 0 Å². The molecule has 0 saturated heterocycles. The first-order valence-corrected chi connectivity index (χ1v) is 8.41. The number of unbranched alkanes of at least 4 members (excludes halogenated alkanes) is 7. The van der Waals surface area contributed by atoms with Crippen LogP contribution in [0.1, 0.15) is 63.9 Å². The number of hydrogen-bond donors (Lipinski definition) is 1. The van der Waals surface area contributed by atoms with Gasteiger partial charge in [0, 0.05) is 0 Å². The van der Waals surface area contributed by atoms with E-state index in [2.05, 4.69) is 12.4 Å². The molecule has 0 aromatic heterocycles. The van der Waals surface area contributed by atoms with E-state index in [1.165, 1.54) is 38.5 Å². The number of hydroxylamine groups is 1. The minimum Gasteiger partial charge on any atom is -0.443 e. The quantitative estimate of drug-likeness (QED) is 0.437. The number of benzene rings is 1. The molecule has 0 aliphatic rings. The lowest BCUT2D eigenvalue weighted by Crippen LogP contribution is -2.25. The average molecular weight is 307 g/mol. The molecule has 0 atom stereocenters. The highest BCUT2D eigenvalue weighted by atomic mass is 16.7. The van der Waals surface area contributed by atoms with Crippen LogP contribution in [0.15, 0.2) is 30.3 Å². The number of nitrogens with one attached hydrogen (secondary N) is 1. The predicted octanol–water partition coefficient (Wildman–Crippen LogP) is 4.99.